The predicted octanol–water partition coefficient (Wildman–Crippen LogP) is 1.32. The minimum Gasteiger partial charge on any atom is -0.486 e. The molecule has 82 valence electrons. The highest BCUT2D eigenvalue weighted by Gasteiger charge is 2.23. The molecule has 0 bridgehead atoms. The van der Waals surface area contributed by atoms with E-state index >= 15 is 0 Å². The van der Waals surface area contributed by atoms with Crippen molar-refractivity contribution in [3.8, 4) is 5.75 Å². The van der Waals surface area contributed by atoms with E-state index in [-0.39, 0.29) is 18.0 Å². The van der Waals surface area contributed by atoms with Gasteiger partial charge < -0.3 is 15.2 Å². The molecule has 1 heterocycles. The average Bonchev–Trinajstić information content (AvgIpc) is 2.25. The zero-order chi connectivity index (χ0) is 10.7. The van der Waals surface area contributed by atoms with Gasteiger partial charge in [0.05, 0.1) is 6.61 Å². The van der Waals surface area contributed by atoms with Gasteiger partial charge in [-0.3, -0.25) is 0 Å². The van der Waals surface area contributed by atoms with Gasteiger partial charge in [0.1, 0.15) is 17.7 Å². The van der Waals surface area contributed by atoms with Gasteiger partial charge >= 0.3 is 0 Å². The lowest BCUT2D eigenvalue weighted by atomic mass is 10.1. The van der Waals surface area contributed by atoms with Crippen molar-refractivity contribution in [3.63, 3.8) is 0 Å². The molecule has 4 heteroatoms. The first-order valence-corrected chi connectivity index (χ1v) is 5.01. The van der Waals surface area contributed by atoms with Crippen LogP contribution in [0.2, 0.25) is 0 Å². The van der Waals surface area contributed by atoms with E-state index in [1.165, 1.54) is 12.1 Å². The fraction of sp³-hybridized carbons (Fsp3) is 0.455. The second-order valence-electron chi connectivity index (χ2n) is 3.64. The number of benzene rings is 1. The zero-order valence-corrected chi connectivity index (χ0v) is 8.36. The molecule has 1 aliphatic heterocycles. The van der Waals surface area contributed by atoms with Crippen molar-refractivity contribution >= 4 is 0 Å². The predicted molar refractivity (Wildman–Crippen MR) is 54.2 cm³/mol. The molecule has 0 saturated carbocycles. The van der Waals surface area contributed by atoms with Crippen molar-refractivity contribution in [1.82, 2.24) is 0 Å². The Morgan fingerprint density at radius 2 is 2.07 bits per heavy atom. The number of halogens is 1. The highest BCUT2D eigenvalue weighted by atomic mass is 19.1. The van der Waals surface area contributed by atoms with Crippen LogP contribution in [0, 0.1) is 5.82 Å². The Morgan fingerprint density at radius 3 is 2.73 bits per heavy atom. The molecule has 1 aromatic rings. The molecule has 2 atom stereocenters. The van der Waals surface area contributed by atoms with Crippen LogP contribution < -0.4 is 10.5 Å². The molecule has 15 heavy (non-hydrogen) atoms. The Morgan fingerprint density at radius 1 is 1.33 bits per heavy atom. The minimum absolute atomic E-state index is 0.0104. The van der Waals surface area contributed by atoms with Crippen LogP contribution in [0.15, 0.2) is 24.3 Å². The van der Waals surface area contributed by atoms with Crippen molar-refractivity contribution in [2.24, 2.45) is 5.73 Å². The summed E-state index contributed by atoms with van der Waals surface area (Å²) in [4.78, 5) is 0. The monoisotopic (exact) mass is 211 g/mol. The van der Waals surface area contributed by atoms with Crippen molar-refractivity contribution in [2.45, 2.75) is 18.6 Å². The summed E-state index contributed by atoms with van der Waals surface area (Å²) in [5.41, 5.74) is 5.88. The first-order valence-electron chi connectivity index (χ1n) is 5.01. The van der Waals surface area contributed by atoms with E-state index in [4.69, 9.17) is 15.2 Å². The smallest absolute Gasteiger partial charge is 0.137 e. The van der Waals surface area contributed by atoms with Gasteiger partial charge in [-0.05, 0) is 30.7 Å². The fourth-order valence-electron chi connectivity index (χ4n) is 1.54. The van der Waals surface area contributed by atoms with Crippen LogP contribution in [-0.2, 0) is 4.74 Å². The highest BCUT2D eigenvalue weighted by Crippen LogP contribution is 2.17. The number of hydrogen-bond acceptors (Lipinski definition) is 3. The van der Waals surface area contributed by atoms with E-state index in [0.29, 0.717) is 19.0 Å². The Bertz CT molecular complexity index is 315. The van der Waals surface area contributed by atoms with Gasteiger partial charge in [0.2, 0.25) is 0 Å². The SMILES string of the molecule is NC1CCOCC1Oc1ccc(F)cc1. The lowest BCUT2D eigenvalue weighted by molar-refractivity contribution is -0.00533. The van der Waals surface area contributed by atoms with Crippen LogP contribution >= 0.6 is 0 Å². The maximum atomic E-state index is 12.6. The molecule has 1 fully saturated rings. The van der Waals surface area contributed by atoms with Crippen molar-refractivity contribution in [3.05, 3.63) is 30.1 Å². The Balaban J connectivity index is 1.98. The molecule has 1 aromatic carbocycles. The number of rotatable bonds is 2. The zero-order valence-electron chi connectivity index (χ0n) is 8.36. The lowest BCUT2D eigenvalue weighted by Crippen LogP contribution is -2.46. The molecule has 0 spiro atoms. The summed E-state index contributed by atoms with van der Waals surface area (Å²) in [6.07, 6.45) is 0.662. The molecule has 2 N–H and O–H groups in total. The Kier molecular flexibility index (Phi) is 3.18. The molecular weight excluding hydrogens is 197 g/mol. The van der Waals surface area contributed by atoms with Gasteiger partial charge in [0.25, 0.3) is 0 Å². The van der Waals surface area contributed by atoms with E-state index in [1.807, 2.05) is 0 Å². The quantitative estimate of drug-likeness (QED) is 0.802. The van der Waals surface area contributed by atoms with E-state index in [2.05, 4.69) is 0 Å². The normalized spacial score (nSPS) is 26.3. The second-order valence-corrected chi connectivity index (χ2v) is 3.64. The minimum atomic E-state index is -0.272. The molecule has 2 unspecified atom stereocenters. The second kappa shape index (κ2) is 4.59. The van der Waals surface area contributed by atoms with Crippen molar-refractivity contribution in [1.29, 1.82) is 0 Å². The van der Waals surface area contributed by atoms with E-state index < -0.39 is 0 Å². The van der Waals surface area contributed by atoms with Crippen LogP contribution in [-0.4, -0.2) is 25.4 Å². The van der Waals surface area contributed by atoms with E-state index in [9.17, 15) is 4.39 Å². The average molecular weight is 211 g/mol. The van der Waals surface area contributed by atoms with Gasteiger partial charge in [-0.2, -0.15) is 0 Å². The van der Waals surface area contributed by atoms with Crippen LogP contribution in [0.3, 0.4) is 0 Å². The number of ether oxygens (including phenoxy) is 2. The molecule has 1 aliphatic rings. The lowest BCUT2D eigenvalue weighted by Gasteiger charge is -2.29. The fourth-order valence-corrected chi connectivity index (χ4v) is 1.54. The molecule has 1 saturated heterocycles. The molecule has 2 rings (SSSR count). The highest BCUT2D eigenvalue weighted by molar-refractivity contribution is 5.22. The molecule has 0 aromatic heterocycles. The van der Waals surface area contributed by atoms with Crippen LogP contribution in [0.5, 0.6) is 5.75 Å². The third kappa shape index (κ3) is 2.67. The summed E-state index contributed by atoms with van der Waals surface area (Å²) < 4.78 is 23.5. The largest absolute Gasteiger partial charge is 0.486 e. The van der Waals surface area contributed by atoms with Crippen molar-refractivity contribution in [2.75, 3.05) is 13.2 Å². The van der Waals surface area contributed by atoms with Gasteiger partial charge in [0.15, 0.2) is 0 Å². The number of nitrogens with two attached hydrogens (primary N) is 1. The van der Waals surface area contributed by atoms with Gasteiger partial charge in [-0.25, -0.2) is 4.39 Å². The summed E-state index contributed by atoms with van der Waals surface area (Å²) in [7, 11) is 0. The summed E-state index contributed by atoms with van der Waals surface area (Å²) in [6.45, 7) is 1.18. The summed E-state index contributed by atoms with van der Waals surface area (Å²) in [6, 6.07) is 5.91. The first-order chi connectivity index (χ1) is 7.25. The maximum Gasteiger partial charge on any atom is 0.137 e. The van der Waals surface area contributed by atoms with Crippen LogP contribution in [0.25, 0.3) is 0 Å². The Hall–Kier alpha value is -1.13. The summed E-state index contributed by atoms with van der Waals surface area (Å²) in [5, 5.41) is 0. The summed E-state index contributed by atoms with van der Waals surface area (Å²) in [5.74, 6) is 0.355. The third-order valence-electron chi connectivity index (χ3n) is 2.46. The van der Waals surface area contributed by atoms with E-state index in [0.717, 1.165) is 6.42 Å². The molecular formula is C11H14FNO2. The number of hydrogen-bond donors (Lipinski definition) is 1. The summed E-state index contributed by atoms with van der Waals surface area (Å²) >= 11 is 0. The van der Waals surface area contributed by atoms with Gasteiger partial charge in [-0.15, -0.1) is 0 Å². The topological polar surface area (TPSA) is 44.5 Å². The van der Waals surface area contributed by atoms with E-state index in [1.54, 1.807) is 12.1 Å². The molecule has 0 amide bonds. The molecule has 3 nitrogen and oxygen atoms in total. The van der Waals surface area contributed by atoms with Gasteiger partial charge in [-0.1, -0.05) is 0 Å². The van der Waals surface area contributed by atoms with Gasteiger partial charge in [0, 0.05) is 12.6 Å². The molecule has 0 radical (unpaired) electrons. The van der Waals surface area contributed by atoms with Crippen LogP contribution in [0.1, 0.15) is 6.42 Å². The standard InChI is InChI=1S/C11H14FNO2/c12-8-1-3-9(4-2-8)15-11-7-14-6-5-10(11)13/h1-4,10-11H,5-7,13H2. The maximum absolute atomic E-state index is 12.6. The van der Waals surface area contributed by atoms with Crippen molar-refractivity contribution < 1.29 is 13.9 Å². The van der Waals surface area contributed by atoms with Crippen LogP contribution in [0.4, 0.5) is 4.39 Å². The molecule has 0 aliphatic carbocycles. The third-order valence-corrected chi connectivity index (χ3v) is 2.46. The Labute approximate surface area is 88.0 Å². The first kappa shape index (κ1) is 10.4.